The fraction of sp³-hybridized carbons (Fsp3) is 0.846. The Kier molecular flexibility index (Phi) is 5.60. The summed E-state index contributed by atoms with van der Waals surface area (Å²) in [6.07, 6.45) is 4.00. The molecule has 0 atom stereocenters. The molecule has 1 saturated carbocycles. The molecule has 2 N–H and O–H groups in total. The number of hydrogen-bond acceptors (Lipinski definition) is 3. The number of amides is 2. The molecular weight excluding hydrogens is 248 g/mol. The van der Waals surface area contributed by atoms with E-state index < -0.39 is 11.6 Å². The summed E-state index contributed by atoms with van der Waals surface area (Å²) in [5.74, 6) is -0.852. The summed E-state index contributed by atoms with van der Waals surface area (Å²) in [7, 11) is 3.33. The van der Waals surface area contributed by atoms with Gasteiger partial charge in [0.05, 0.1) is 12.1 Å². The van der Waals surface area contributed by atoms with Crippen LogP contribution in [0, 0.1) is 0 Å². The summed E-state index contributed by atoms with van der Waals surface area (Å²) < 4.78 is 0. The first-order valence-electron chi connectivity index (χ1n) is 6.74. The van der Waals surface area contributed by atoms with Crippen LogP contribution >= 0.6 is 0 Å². The highest BCUT2D eigenvalue weighted by molar-refractivity contribution is 5.74. The van der Waals surface area contributed by atoms with Gasteiger partial charge in [-0.2, -0.15) is 0 Å². The zero-order valence-corrected chi connectivity index (χ0v) is 11.8. The van der Waals surface area contributed by atoms with Gasteiger partial charge in [-0.1, -0.05) is 12.8 Å². The van der Waals surface area contributed by atoms with Crippen LogP contribution in [0.3, 0.4) is 0 Å². The third-order valence-electron chi connectivity index (χ3n) is 3.60. The number of carboxylic acid groups (broad SMARTS) is 1. The maximum Gasteiger partial charge on any atom is 0.319 e. The first kappa shape index (κ1) is 15.8. The van der Waals surface area contributed by atoms with Crippen LogP contribution in [-0.2, 0) is 4.79 Å². The number of urea groups is 1. The molecule has 110 valence electrons. The Balaban J connectivity index is 2.36. The Morgan fingerprint density at radius 1 is 1.16 bits per heavy atom. The molecule has 0 unspecified atom stereocenters. The van der Waals surface area contributed by atoms with Crippen molar-refractivity contribution in [2.75, 3.05) is 27.2 Å². The first-order chi connectivity index (χ1) is 8.84. The molecule has 2 amide bonds. The molecular formula is C13H24N2O4. The van der Waals surface area contributed by atoms with Gasteiger partial charge >= 0.3 is 12.0 Å². The summed E-state index contributed by atoms with van der Waals surface area (Å²) in [5, 5.41) is 18.8. The smallest absolute Gasteiger partial charge is 0.319 e. The number of aliphatic hydroxyl groups is 1. The van der Waals surface area contributed by atoms with Crippen molar-refractivity contribution in [2.45, 2.75) is 44.1 Å². The number of hydrogen-bond donors (Lipinski definition) is 2. The van der Waals surface area contributed by atoms with Crippen molar-refractivity contribution in [3.8, 4) is 0 Å². The van der Waals surface area contributed by atoms with Crippen molar-refractivity contribution in [1.82, 2.24) is 9.80 Å². The van der Waals surface area contributed by atoms with E-state index in [-0.39, 0.29) is 12.5 Å². The number of likely N-dealkylation sites (N-methyl/N-ethyl adjacent to an activating group) is 1. The highest BCUT2D eigenvalue weighted by Gasteiger charge is 2.33. The number of carboxylic acids is 1. The molecule has 1 aliphatic carbocycles. The molecule has 6 nitrogen and oxygen atoms in total. The van der Waals surface area contributed by atoms with Gasteiger partial charge in [-0.25, -0.2) is 4.79 Å². The van der Waals surface area contributed by atoms with Crippen LogP contribution < -0.4 is 0 Å². The fourth-order valence-corrected chi connectivity index (χ4v) is 2.55. The van der Waals surface area contributed by atoms with Crippen molar-refractivity contribution >= 4 is 12.0 Å². The molecule has 6 heteroatoms. The summed E-state index contributed by atoms with van der Waals surface area (Å²) in [5.41, 5.74) is -0.744. The largest absolute Gasteiger partial charge is 0.481 e. The molecule has 0 heterocycles. The minimum atomic E-state index is -0.852. The lowest BCUT2D eigenvalue weighted by atomic mass is 10.0. The van der Waals surface area contributed by atoms with Crippen LogP contribution in [0.2, 0.25) is 0 Å². The molecule has 0 aliphatic heterocycles. The van der Waals surface area contributed by atoms with Crippen molar-refractivity contribution in [3.63, 3.8) is 0 Å². The molecule has 1 aliphatic rings. The normalized spacial score (nSPS) is 17.2. The first-order valence-corrected chi connectivity index (χ1v) is 6.74. The number of nitrogens with zero attached hydrogens (tertiary/aromatic N) is 2. The quantitative estimate of drug-likeness (QED) is 0.759. The summed E-state index contributed by atoms with van der Waals surface area (Å²) in [6, 6.07) is -0.175. The van der Waals surface area contributed by atoms with Crippen molar-refractivity contribution in [1.29, 1.82) is 0 Å². The molecule has 0 aromatic heterocycles. The fourth-order valence-electron chi connectivity index (χ4n) is 2.55. The van der Waals surface area contributed by atoms with Crippen molar-refractivity contribution < 1.29 is 19.8 Å². The molecule has 1 fully saturated rings. The van der Waals surface area contributed by atoms with Crippen LogP contribution in [-0.4, -0.2) is 64.8 Å². The van der Waals surface area contributed by atoms with Crippen LogP contribution in [0.15, 0.2) is 0 Å². The van der Waals surface area contributed by atoms with E-state index in [0.29, 0.717) is 19.5 Å². The molecule has 0 spiro atoms. The van der Waals surface area contributed by atoms with E-state index in [1.54, 1.807) is 14.1 Å². The average Bonchev–Trinajstić information content (AvgIpc) is 2.74. The summed E-state index contributed by atoms with van der Waals surface area (Å²) in [4.78, 5) is 25.5. The maximum absolute atomic E-state index is 12.0. The monoisotopic (exact) mass is 272 g/mol. The minimum Gasteiger partial charge on any atom is -0.481 e. The maximum atomic E-state index is 12.0. The zero-order valence-electron chi connectivity index (χ0n) is 11.8. The minimum absolute atomic E-state index is 0.0608. The third kappa shape index (κ3) is 5.06. The Hall–Kier alpha value is -1.30. The Morgan fingerprint density at radius 3 is 2.26 bits per heavy atom. The molecule has 19 heavy (non-hydrogen) atoms. The van der Waals surface area contributed by atoms with E-state index >= 15 is 0 Å². The van der Waals surface area contributed by atoms with E-state index in [1.807, 2.05) is 0 Å². The Morgan fingerprint density at radius 2 is 1.74 bits per heavy atom. The standard InChI is InChI=1S/C13H24N2O4/c1-14(9-5-6-11(16)17)12(18)15(2)10-13(19)7-3-4-8-13/h19H,3-10H2,1-2H3,(H,16,17). The van der Waals surface area contributed by atoms with Gasteiger partial charge < -0.3 is 20.0 Å². The van der Waals surface area contributed by atoms with E-state index in [9.17, 15) is 14.7 Å². The van der Waals surface area contributed by atoms with Gasteiger partial charge in [-0.3, -0.25) is 4.79 Å². The molecule has 0 aromatic rings. The molecule has 1 rings (SSSR count). The molecule has 0 radical (unpaired) electrons. The number of aliphatic carboxylic acids is 1. The highest BCUT2D eigenvalue weighted by atomic mass is 16.4. The topological polar surface area (TPSA) is 81.1 Å². The van der Waals surface area contributed by atoms with Crippen molar-refractivity contribution in [3.05, 3.63) is 0 Å². The highest BCUT2D eigenvalue weighted by Crippen LogP contribution is 2.30. The van der Waals surface area contributed by atoms with Crippen LogP contribution in [0.4, 0.5) is 4.79 Å². The third-order valence-corrected chi connectivity index (χ3v) is 3.60. The number of carbonyl (C=O) groups is 2. The van der Waals surface area contributed by atoms with Gasteiger partial charge in [0.1, 0.15) is 0 Å². The van der Waals surface area contributed by atoms with Gasteiger partial charge in [-0.05, 0) is 19.3 Å². The molecule has 0 bridgehead atoms. The van der Waals surface area contributed by atoms with Crippen LogP contribution in [0.5, 0.6) is 0 Å². The van der Waals surface area contributed by atoms with Gasteiger partial charge in [0.15, 0.2) is 0 Å². The molecule has 0 aromatic carbocycles. The van der Waals surface area contributed by atoms with Gasteiger partial charge in [0.2, 0.25) is 0 Å². The second-order valence-corrected chi connectivity index (χ2v) is 5.49. The van der Waals surface area contributed by atoms with Gasteiger partial charge in [0, 0.05) is 27.1 Å². The molecule has 0 saturated heterocycles. The zero-order chi connectivity index (χ0) is 14.5. The van der Waals surface area contributed by atoms with Crippen molar-refractivity contribution in [2.24, 2.45) is 0 Å². The van der Waals surface area contributed by atoms with E-state index in [4.69, 9.17) is 5.11 Å². The van der Waals surface area contributed by atoms with E-state index in [0.717, 1.165) is 25.7 Å². The Labute approximate surface area is 114 Å². The lowest BCUT2D eigenvalue weighted by Gasteiger charge is -2.31. The van der Waals surface area contributed by atoms with Crippen LogP contribution in [0.1, 0.15) is 38.5 Å². The van der Waals surface area contributed by atoms with E-state index in [1.165, 1.54) is 9.80 Å². The number of rotatable bonds is 6. The second-order valence-electron chi connectivity index (χ2n) is 5.49. The predicted molar refractivity (Wildman–Crippen MR) is 70.9 cm³/mol. The Bertz CT molecular complexity index is 327. The number of carbonyl (C=O) groups excluding carboxylic acids is 1. The summed E-state index contributed by atoms with van der Waals surface area (Å²) in [6.45, 7) is 0.753. The second kappa shape index (κ2) is 6.75. The SMILES string of the molecule is CN(CCCC(=O)O)C(=O)N(C)CC1(O)CCCC1. The van der Waals surface area contributed by atoms with Gasteiger partial charge in [-0.15, -0.1) is 0 Å². The predicted octanol–water partition coefficient (Wildman–Crippen LogP) is 1.14. The van der Waals surface area contributed by atoms with E-state index in [2.05, 4.69) is 0 Å². The lowest BCUT2D eigenvalue weighted by molar-refractivity contribution is -0.137. The average molecular weight is 272 g/mol. The lowest BCUT2D eigenvalue weighted by Crippen LogP contribution is -2.46. The summed E-state index contributed by atoms with van der Waals surface area (Å²) >= 11 is 0. The van der Waals surface area contributed by atoms with Crippen LogP contribution in [0.25, 0.3) is 0 Å². The van der Waals surface area contributed by atoms with Gasteiger partial charge in [0.25, 0.3) is 0 Å².